The molecular formula is C14H14N10O6. The van der Waals surface area contributed by atoms with Gasteiger partial charge in [-0.25, -0.2) is 9.59 Å². The van der Waals surface area contributed by atoms with E-state index in [0.717, 1.165) is 23.4 Å². The van der Waals surface area contributed by atoms with Crippen molar-refractivity contribution in [2.75, 3.05) is 0 Å². The summed E-state index contributed by atoms with van der Waals surface area (Å²) in [7, 11) is 0. The average molecular weight is 418 g/mol. The molecule has 1 aliphatic carbocycles. The second-order valence-electron chi connectivity index (χ2n) is 5.83. The monoisotopic (exact) mass is 418 g/mol. The summed E-state index contributed by atoms with van der Waals surface area (Å²) < 4.78 is 0. The molecule has 0 radical (unpaired) electrons. The van der Waals surface area contributed by atoms with Crippen molar-refractivity contribution >= 4 is 35.2 Å². The molecule has 3 rings (SSSR count). The van der Waals surface area contributed by atoms with Gasteiger partial charge in [0.05, 0.1) is 0 Å². The molecule has 0 aromatic carbocycles. The van der Waals surface area contributed by atoms with E-state index < -0.39 is 23.8 Å². The molecule has 0 atom stereocenters. The highest BCUT2D eigenvalue weighted by atomic mass is 16.7. The number of rotatable bonds is 6. The number of hydrogen-bond acceptors (Lipinski definition) is 12. The minimum absolute atomic E-state index is 0.0120. The predicted molar refractivity (Wildman–Crippen MR) is 93.2 cm³/mol. The van der Waals surface area contributed by atoms with Crippen molar-refractivity contribution in [1.29, 1.82) is 0 Å². The zero-order valence-corrected chi connectivity index (χ0v) is 15.6. The van der Waals surface area contributed by atoms with Gasteiger partial charge in [-0.2, -0.15) is 30.0 Å². The van der Waals surface area contributed by atoms with Gasteiger partial charge in [0.25, 0.3) is 0 Å². The minimum atomic E-state index is -0.737. The number of nitrogens with two attached hydrogens (primary N) is 2. The van der Waals surface area contributed by atoms with Gasteiger partial charge >= 0.3 is 11.9 Å². The van der Waals surface area contributed by atoms with E-state index in [1.807, 2.05) is 0 Å². The van der Waals surface area contributed by atoms with Crippen LogP contribution in [0.4, 0.5) is 0 Å². The summed E-state index contributed by atoms with van der Waals surface area (Å²) in [6, 6.07) is 0. The highest BCUT2D eigenvalue weighted by Crippen LogP contribution is 2.24. The molecule has 2 aromatic heterocycles. The molecular weight excluding hydrogens is 404 g/mol. The lowest BCUT2D eigenvalue weighted by Crippen LogP contribution is -2.23. The summed E-state index contributed by atoms with van der Waals surface area (Å²) in [4.78, 5) is 56.2. The highest BCUT2D eigenvalue weighted by molar-refractivity contribution is 6.28. The first-order chi connectivity index (χ1) is 14.2. The smallest absolute Gasteiger partial charge is 0.332 e. The highest BCUT2D eigenvalue weighted by Gasteiger charge is 2.38. The lowest BCUT2D eigenvalue weighted by atomic mass is 9.98. The van der Waals surface area contributed by atoms with E-state index in [4.69, 9.17) is 21.1 Å². The zero-order valence-electron chi connectivity index (χ0n) is 15.6. The Bertz CT molecular complexity index is 991. The summed E-state index contributed by atoms with van der Waals surface area (Å²) in [6.07, 6.45) is 0. The maximum absolute atomic E-state index is 11.2. The molecule has 0 unspecified atom stereocenters. The van der Waals surface area contributed by atoms with Crippen molar-refractivity contribution in [3.05, 3.63) is 22.8 Å². The van der Waals surface area contributed by atoms with Gasteiger partial charge in [0.2, 0.25) is 11.8 Å². The first-order valence-electron chi connectivity index (χ1n) is 8.15. The van der Waals surface area contributed by atoms with Crippen molar-refractivity contribution in [3.8, 4) is 0 Å². The number of oxime groups is 2. The second-order valence-corrected chi connectivity index (χ2v) is 5.83. The van der Waals surface area contributed by atoms with Crippen molar-refractivity contribution in [3.63, 3.8) is 0 Å². The average Bonchev–Trinajstić information content (AvgIpc) is 3.20. The van der Waals surface area contributed by atoms with E-state index in [0.29, 0.717) is 0 Å². The Labute approximate surface area is 166 Å². The fourth-order valence-electron chi connectivity index (χ4n) is 2.37. The van der Waals surface area contributed by atoms with Crippen molar-refractivity contribution < 1.29 is 28.9 Å². The van der Waals surface area contributed by atoms with Crippen LogP contribution in [-0.2, 0) is 41.9 Å². The number of nitrogens with zero attached hydrogens (tertiary/aromatic N) is 8. The third-order valence-corrected chi connectivity index (χ3v) is 3.33. The van der Waals surface area contributed by atoms with E-state index in [1.54, 1.807) is 0 Å². The van der Waals surface area contributed by atoms with Crippen molar-refractivity contribution in [2.45, 2.75) is 26.9 Å². The molecule has 0 aliphatic heterocycles. The van der Waals surface area contributed by atoms with E-state index in [9.17, 15) is 19.2 Å². The van der Waals surface area contributed by atoms with Gasteiger partial charge in [-0.1, -0.05) is 10.3 Å². The molecule has 0 bridgehead atoms. The van der Waals surface area contributed by atoms with Gasteiger partial charge in [-0.15, -0.1) is 0 Å². The Hall–Kier alpha value is -4.50. The maximum atomic E-state index is 11.2. The second kappa shape index (κ2) is 7.86. The summed E-state index contributed by atoms with van der Waals surface area (Å²) in [5, 5.41) is 23.8. The standard InChI is InChI=1S/C14H14N10O6/c1-5(25)29-21-13-9-11(19-23(17-9)3-7(15)27)14(22-30-6(2)26)12-10(13)18-24(20-12)4-8(16)28/h3-4H2,1-2H3,(H2,15,27)(H2,16,28). The maximum Gasteiger partial charge on any atom is 0.332 e. The number of carbonyl (C=O) groups is 4. The van der Waals surface area contributed by atoms with E-state index in [-0.39, 0.29) is 47.3 Å². The lowest BCUT2D eigenvalue weighted by molar-refractivity contribution is -0.141. The lowest BCUT2D eigenvalue weighted by Gasteiger charge is -2.10. The van der Waals surface area contributed by atoms with Crippen LogP contribution in [0.1, 0.15) is 36.6 Å². The fourth-order valence-corrected chi connectivity index (χ4v) is 2.37. The predicted octanol–water partition coefficient (Wildman–Crippen LogP) is -3.22. The SMILES string of the molecule is CC(=O)ON=C1c2nn(CC(N)=O)nc2C(=NOC(C)=O)c2nn(CC(N)=O)nc21. The van der Waals surface area contributed by atoms with Gasteiger partial charge in [0.1, 0.15) is 35.9 Å². The largest absolute Gasteiger partial charge is 0.368 e. The van der Waals surface area contributed by atoms with Crippen LogP contribution < -0.4 is 11.5 Å². The van der Waals surface area contributed by atoms with Crippen LogP contribution in [0.25, 0.3) is 0 Å². The number of amides is 2. The van der Waals surface area contributed by atoms with E-state index in [1.165, 1.54) is 0 Å². The van der Waals surface area contributed by atoms with Crippen LogP contribution in [0.15, 0.2) is 10.3 Å². The van der Waals surface area contributed by atoms with Gasteiger partial charge in [-0.3, -0.25) is 9.59 Å². The van der Waals surface area contributed by atoms with Crippen LogP contribution >= 0.6 is 0 Å². The van der Waals surface area contributed by atoms with Crippen LogP contribution in [-0.4, -0.2) is 65.2 Å². The van der Waals surface area contributed by atoms with Gasteiger partial charge in [0.15, 0.2) is 11.4 Å². The Morgan fingerprint density at radius 1 is 0.733 bits per heavy atom. The Balaban J connectivity index is 2.22. The molecule has 2 amide bonds. The first kappa shape index (κ1) is 20.2. The van der Waals surface area contributed by atoms with Crippen LogP contribution in [0, 0.1) is 0 Å². The van der Waals surface area contributed by atoms with Crippen LogP contribution in [0.5, 0.6) is 0 Å². The molecule has 0 fully saturated rings. The number of hydrogen-bond donors (Lipinski definition) is 2. The number of primary amides is 2. The Kier molecular flexibility index (Phi) is 5.30. The molecule has 4 N–H and O–H groups in total. The molecule has 1 aliphatic rings. The third-order valence-electron chi connectivity index (χ3n) is 3.33. The number of fused-ring (bicyclic) bond motifs is 2. The molecule has 0 saturated carbocycles. The topological polar surface area (TPSA) is 225 Å². The van der Waals surface area contributed by atoms with Gasteiger partial charge in [-0.05, 0) is 0 Å². The molecule has 0 spiro atoms. The minimum Gasteiger partial charge on any atom is -0.368 e. The quantitative estimate of drug-likeness (QED) is 0.301. The normalized spacial score (nSPS) is 11.9. The Morgan fingerprint density at radius 3 is 1.27 bits per heavy atom. The van der Waals surface area contributed by atoms with Gasteiger partial charge in [0, 0.05) is 13.8 Å². The number of carbonyl (C=O) groups excluding carboxylic acids is 4. The molecule has 0 saturated heterocycles. The molecule has 156 valence electrons. The van der Waals surface area contributed by atoms with Crippen LogP contribution in [0.2, 0.25) is 0 Å². The summed E-state index contributed by atoms with van der Waals surface area (Å²) in [5.74, 6) is -2.94. The van der Waals surface area contributed by atoms with Crippen molar-refractivity contribution in [2.24, 2.45) is 21.8 Å². The molecule has 30 heavy (non-hydrogen) atoms. The van der Waals surface area contributed by atoms with E-state index in [2.05, 4.69) is 30.7 Å². The van der Waals surface area contributed by atoms with Crippen molar-refractivity contribution in [1.82, 2.24) is 30.0 Å². The fraction of sp³-hybridized carbons (Fsp3) is 0.286. The molecule has 16 heteroatoms. The van der Waals surface area contributed by atoms with E-state index >= 15 is 0 Å². The zero-order chi connectivity index (χ0) is 22.0. The molecule has 2 aromatic rings. The summed E-state index contributed by atoms with van der Waals surface area (Å²) >= 11 is 0. The summed E-state index contributed by atoms with van der Waals surface area (Å²) in [5.41, 5.74) is 10.1. The van der Waals surface area contributed by atoms with Gasteiger partial charge < -0.3 is 21.1 Å². The van der Waals surface area contributed by atoms with Crippen LogP contribution in [0.3, 0.4) is 0 Å². The third kappa shape index (κ3) is 4.16. The molecule has 2 heterocycles. The number of aromatic nitrogens is 6. The summed E-state index contributed by atoms with van der Waals surface area (Å²) in [6.45, 7) is 1.47. The molecule has 16 nitrogen and oxygen atoms in total. The first-order valence-corrected chi connectivity index (χ1v) is 8.15. The Morgan fingerprint density at radius 2 is 1.03 bits per heavy atom.